The normalized spacial score (nSPS) is 23.2. The number of benzene rings is 1. The molecule has 0 spiro atoms. The van der Waals surface area contributed by atoms with Crippen molar-refractivity contribution >= 4 is 28.9 Å². The first-order chi connectivity index (χ1) is 11.9. The van der Waals surface area contributed by atoms with E-state index in [0.29, 0.717) is 23.8 Å². The minimum Gasteiger partial charge on any atom is -0.399 e. The summed E-state index contributed by atoms with van der Waals surface area (Å²) in [5.74, 6) is 0.819. The number of halogens is 1. The molecule has 0 bridgehead atoms. The van der Waals surface area contributed by atoms with Gasteiger partial charge in [-0.25, -0.2) is 0 Å². The van der Waals surface area contributed by atoms with Crippen LogP contribution in [0, 0.1) is 5.92 Å². The van der Waals surface area contributed by atoms with Gasteiger partial charge in [0.1, 0.15) is 0 Å². The van der Waals surface area contributed by atoms with E-state index in [1.807, 2.05) is 24.0 Å². The molecule has 1 aromatic carbocycles. The average Bonchev–Trinajstić information content (AvgIpc) is 3.02. The quantitative estimate of drug-likeness (QED) is 0.818. The van der Waals surface area contributed by atoms with Crippen molar-refractivity contribution in [3.05, 3.63) is 40.4 Å². The SMILES string of the molecule is CC1=NCC(C(=O)N(Cc2cc(N)ccc2Cl)C2CCC(C)CC2)=C1. The lowest BCUT2D eigenvalue weighted by Gasteiger charge is -2.36. The van der Waals surface area contributed by atoms with Crippen molar-refractivity contribution < 1.29 is 4.79 Å². The van der Waals surface area contributed by atoms with Gasteiger partial charge in [-0.2, -0.15) is 0 Å². The maximum absolute atomic E-state index is 13.2. The van der Waals surface area contributed by atoms with Gasteiger partial charge in [0.15, 0.2) is 0 Å². The molecule has 0 radical (unpaired) electrons. The number of allylic oxidation sites excluding steroid dienone is 1. The lowest BCUT2D eigenvalue weighted by atomic mass is 9.86. The van der Waals surface area contributed by atoms with Gasteiger partial charge in [0.25, 0.3) is 5.91 Å². The summed E-state index contributed by atoms with van der Waals surface area (Å²) in [7, 11) is 0. The van der Waals surface area contributed by atoms with E-state index in [1.54, 1.807) is 12.1 Å². The van der Waals surface area contributed by atoms with Crippen LogP contribution >= 0.6 is 11.6 Å². The molecule has 1 aliphatic heterocycles. The Labute approximate surface area is 154 Å². The van der Waals surface area contributed by atoms with Crippen molar-refractivity contribution in [3.63, 3.8) is 0 Å². The lowest BCUT2D eigenvalue weighted by Crippen LogP contribution is -2.42. The molecule has 0 atom stereocenters. The van der Waals surface area contributed by atoms with Crippen LogP contribution in [0.3, 0.4) is 0 Å². The molecule has 0 unspecified atom stereocenters. The summed E-state index contributed by atoms with van der Waals surface area (Å²) < 4.78 is 0. The smallest absolute Gasteiger partial charge is 0.252 e. The van der Waals surface area contributed by atoms with Crippen molar-refractivity contribution in [3.8, 4) is 0 Å². The van der Waals surface area contributed by atoms with Crippen LogP contribution in [0.15, 0.2) is 34.8 Å². The molecule has 2 N–H and O–H groups in total. The Bertz CT molecular complexity index is 718. The van der Waals surface area contributed by atoms with Crippen LogP contribution in [0.5, 0.6) is 0 Å². The Morgan fingerprint density at radius 3 is 2.68 bits per heavy atom. The fourth-order valence-electron chi connectivity index (χ4n) is 3.69. The van der Waals surface area contributed by atoms with Crippen molar-refractivity contribution in [1.82, 2.24) is 4.90 Å². The molecule has 4 nitrogen and oxygen atoms in total. The maximum Gasteiger partial charge on any atom is 0.252 e. The molecule has 1 saturated carbocycles. The van der Waals surface area contributed by atoms with Crippen molar-refractivity contribution in [2.75, 3.05) is 12.3 Å². The first-order valence-electron chi connectivity index (χ1n) is 9.00. The number of anilines is 1. The molecule has 1 aromatic rings. The molecule has 2 aliphatic rings. The van der Waals surface area contributed by atoms with Gasteiger partial charge in [0, 0.05) is 34.6 Å². The third-order valence-electron chi connectivity index (χ3n) is 5.25. The second kappa shape index (κ2) is 7.61. The number of aliphatic imine (C=N–C) groups is 1. The Balaban J connectivity index is 1.85. The highest BCUT2D eigenvalue weighted by Crippen LogP contribution is 2.31. The van der Waals surface area contributed by atoms with Crippen LogP contribution in [-0.2, 0) is 11.3 Å². The molecule has 0 aromatic heterocycles. The Kier molecular flexibility index (Phi) is 5.48. The van der Waals surface area contributed by atoms with Gasteiger partial charge in [-0.15, -0.1) is 0 Å². The van der Waals surface area contributed by atoms with E-state index < -0.39 is 0 Å². The minimum atomic E-state index is 0.0821. The molecule has 1 fully saturated rings. The number of hydrogen-bond acceptors (Lipinski definition) is 3. The first-order valence-corrected chi connectivity index (χ1v) is 9.38. The van der Waals surface area contributed by atoms with Crippen molar-refractivity contribution in [2.24, 2.45) is 10.9 Å². The predicted octanol–water partition coefficient (Wildman–Crippen LogP) is 4.23. The second-order valence-corrected chi connectivity index (χ2v) is 7.73. The molecular weight excluding hydrogens is 334 g/mol. The molecule has 134 valence electrons. The van der Waals surface area contributed by atoms with E-state index in [9.17, 15) is 4.79 Å². The number of rotatable bonds is 4. The van der Waals surface area contributed by atoms with Gasteiger partial charge in [-0.1, -0.05) is 18.5 Å². The Morgan fingerprint density at radius 2 is 2.04 bits per heavy atom. The molecule has 3 rings (SSSR count). The van der Waals surface area contributed by atoms with Crippen LogP contribution in [0.1, 0.15) is 45.1 Å². The third kappa shape index (κ3) is 4.24. The van der Waals surface area contributed by atoms with Crippen LogP contribution in [-0.4, -0.2) is 29.1 Å². The van der Waals surface area contributed by atoms with E-state index in [4.69, 9.17) is 17.3 Å². The van der Waals surface area contributed by atoms with E-state index in [1.165, 1.54) is 0 Å². The highest BCUT2D eigenvalue weighted by Gasteiger charge is 2.30. The molecule has 0 saturated heterocycles. The number of nitrogen functional groups attached to an aromatic ring is 1. The number of carbonyl (C=O) groups excluding carboxylic acids is 1. The highest BCUT2D eigenvalue weighted by atomic mass is 35.5. The van der Waals surface area contributed by atoms with Crippen molar-refractivity contribution in [1.29, 1.82) is 0 Å². The number of amides is 1. The average molecular weight is 360 g/mol. The van der Waals surface area contributed by atoms with Gasteiger partial charge in [-0.3, -0.25) is 9.79 Å². The number of nitrogens with two attached hydrogens (primary N) is 1. The monoisotopic (exact) mass is 359 g/mol. The van der Waals surface area contributed by atoms with Crippen LogP contribution < -0.4 is 5.73 Å². The topological polar surface area (TPSA) is 58.7 Å². The Morgan fingerprint density at radius 1 is 1.32 bits per heavy atom. The summed E-state index contributed by atoms with van der Waals surface area (Å²) in [6.07, 6.45) is 6.31. The summed E-state index contributed by atoms with van der Waals surface area (Å²) in [5, 5.41) is 0.656. The zero-order valence-corrected chi connectivity index (χ0v) is 15.7. The standard InChI is InChI=1S/C20H26ClN3O/c1-13-3-6-18(7-4-13)24(20(25)15-9-14(2)23-11-15)12-16-10-17(22)5-8-19(16)21/h5,8-10,13,18H,3-4,6-7,11-12,22H2,1-2H3. The fraction of sp³-hybridized carbons (Fsp3) is 0.500. The molecule has 1 aliphatic carbocycles. The van der Waals surface area contributed by atoms with Gasteiger partial charge in [0.05, 0.1) is 6.54 Å². The van der Waals surface area contributed by atoms with Gasteiger partial charge >= 0.3 is 0 Å². The van der Waals surface area contributed by atoms with Crippen LogP contribution in [0.4, 0.5) is 5.69 Å². The fourth-order valence-corrected chi connectivity index (χ4v) is 3.86. The van der Waals surface area contributed by atoms with Gasteiger partial charge in [0.2, 0.25) is 0 Å². The second-order valence-electron chi connectivity index (χ2n) is 7.32. The molecule has 1 heterocycles. The van der Waals surface area contributed by atoms with E-state index >= 15 is 0 Å². The molecule has 5 heteroatoms. The highest BCUT2D eigenvalue weighted by molar-refractivity contribution is 6.31. The van der Waals surface area contributed by atoms with Crippen LogP contribution in [0.25, 0.3) is 0 Å². The zero-order valence-electron chi connectivity index (χ0n) is 15.0. The minimum absolute atomic E-state index is 0.0821. The summed E-state index contributed by atoms with van der Waals surface area (Å²) in [4.78, 5) is 19.5. The summed E-state index contributed by atoms with van der Waals surface area (Å²) in [6.45, 7) is 5.20. The Hall–Kier alpha value is -1.81. The predicted molar refractivity (Wildman–Crippen MR) is 104 cm³/mol. The van der Waals surface area contributed by atoms with Gasteiger partial charge < -0.3 is 10.6 Å². The summed E-state index contributed by atoms with van der Waals surface area (Å²) >= 11 is 6.36. The molecule has 25 heavy (non-hydrogen) atoms. The van der Waals surface area contributed by atoms with Gasteiger partial charge in [-0.05, 0) is 68.4 Å². The summed E-state index contributed by atoms with van der Waals surface area (Å²) in [6, 6.07) is 5.72. The van der Waals surface area contributed by atoms with Crippen LogP contribution in [0.2, 0.25) is 5.02 Å². The molecule has 1 amide bonds. The number of nitrogens with zero attached hydrogens (tertiary/aromatic N) is 2. The lowest BCUT2D eigenvalue weighted by molar-refractivity contribution is -0.131. The third-order valence-corrected chi connectivity index (χ3v) is 5.62. The number of carbonyl (C=O) groups is 1. The maximum atomic E-state index is 13.2. The van der Waals surface area contributed by atoms with E-state index in [-0.39, 0.29) is 11.9 Å². The first kappa shape index (κ1) is 18.0. The van der Waals surface area contributed by atoms with E-state index in [0.717, 1.165) is 48.4 Å². The van der Waals surface area contributed by atoms with Crippen molar-refractivity contribution in [2.45, 2.75) is 52.1 Å². The zero-order chi connectivity index (χ0) is 18.0. The number of hydrogen-bond donors (Lipinski definition) is 1. The largest absolute Gasteiger partial charge is 0.399 e. The summed E-state index contributed by atoms with van der Waals surface area (Å²) in [5.41, 5.74) is 9.19. The molecular formula is C20H26ClN3O. The van der Waals surface area contributed by atoms with E-state index in [2.05, 4.69) is 11.9 Å².